The molecular formula is C16H21N3O2. The molecule has 1 aromatic rings. The molecule has 0 aliphatic carbocycles. The Labute approximate surface area is 125 Å². The van der Waals surface area contributed by atoms with E-state index in [2.05, 4.69) is 16.7 Å². The molecule has 0 spiro atoms. The zero-order valence-electron chi connectivity index (χ0n) is 12.6. The Morgan fingerprint density at radius 1 is 1.38 bits per heavy atom. The molecule has 1 fully saturated rings. The van der Waals surface area contributed by atoms with Gasteiger partial charge in [0.1, 0.15) is 5.75 Å². The van der Waals surface area contributed by atoms with Crippen LogP contribution >= 0.6 is 0 Å². The summed E-state index contributed by atoms with van der Waals surface area (Å²) in [6, 6.07) is 5.83. The summed E-state index contributed by atoms with van der Waals surface area (Å²) in [6.45, 7) is 3.09. The standard InChI is InChI=1S/C16H21N3O2/c1-18-8-9-19(12-16(18)20)11-14-10-13(4-3-7-17)5-6-15(14)21-2/h5-6,10H,7-9,11-12,17H2,1-2H3. The van der Waals surface area contributed by atoms with E-state index in [9.17, 15) is 4.79 Å². The molecule has 2 rings (SSSR count). The van der Waals surface area contributed by atoms with Gasteiger partial charge in [-0.05, 0) is 18.2 Å². The molecule has 1 aromatic carbocycles. The number of methoxy groups -OCH3 is 1. The molecule has 1 aliphatic heterocycles. The summed E-state index contributed by atoms with van der Waals surface area (Å²) in [5.74, 6) is 6.84. The number of piperazine rings is 1. The molecule has 0 unspecified atom stereocenters. The van der Waals surface area contributed by atoms with Gasteiger partial charge in [0.25, 0.3) is 0 Å². The molecule has 21 heavy (non-hydrogen) atoms. The lowest BCUT2D eigenvalue weighted by molar-refractivity contribution is -0.134. The summed E-state index contributed by atoms with van der Waals surface area (Å²) < 4.78 is 5.40. The minimum absolute atomic E-state index is 0.152. The zero-order chi connectivity index (χ0) is 15.2. The van der Waals surface area contributed by atoms with Crippen LogP contribution in [0.4, 0.5) is 0 Å². The van der Waals surface area contributed by atoms with Crippen molar-refractivity contribution in [2.45, 2.75) is 6.54 Å². The van der Waals surface area contributed by atoms with E-state index in [1.54, 1.807) is 12.0 Å². The second-order valence-electron chi connectivity index (χ2n) is 5.06. The largest absolute Gasteiger partial charge is 0.496 e. The van der Waals surface area contributed by atoms with Crippen molar-refractivity contribution in [2.75, 3.05) is 40.3 Å². The first kappa shape index (κ1) is 15.4. The van der Waals surface area contributed by atoms with Crippen molar-refractivity contribution in [1.29, 1.82) is 0 Å². The fraction of sp³-hybridized carbons (Fsp3) is 0.438. The van der Waals surface area contributed by atoms with Crippen LogP contribution in [0.25, 0.3) is 0 Å². The third-order valence-corrected chi connectivity index (χ3v) is 3.55. The van der Waals surface area contributed by atoms with Crippen molar-refractivity contribution in [1.82, 2.24) is 9.80 Å². The van der Waals surface area contributed by atoms with Gasteiger partial charge < -0.3 is 15.4 Å². The van der Waals surface area contributed by atoms with Gasteiger partial charge >= 0.3 is 0 Å². The van der Waals surface area contributed by atoms with E-state index in [0.717, 1.165) is 30.0 Å². The van der Waals surface area contributed by atoms with E-state index < -0.39 is 0 Å². The van der Waals surface area contributed by atoms with E-state index in [0.29, 0.717) is 19.6 Å². The SMILES string of the molecule is COc1ccc(C#CCN)cc1CN1CCN(C)C(=O)C1. The summed E-state index contributed by atoms with van der Waals surface area (Å²) >= 11 is 0. The predicted octanol–water partition coefficient (Wildman–Crippen LogP) is 0.279. The zero-order valence-corrected chi connectivity index (χ0v) is 12.6. The molecule has 0 radical (unpaired) electrons. The molecule has 5 heteroatoms. The van der Waals surface area contributed by atoms with Gasteiger partial charge in [0, 0.05) is 37.8 Å². The van der Waals surface area contributed by atoms with Crippen LogP contribution < -0.4 is 10.5 Å². The molecule has 1 amide bonds. The number of ether oxygens (including phenoxy) is 1. The average molecular weight is 287 g/mol. The maximum absolute atomic E-state index is 11.8. The topological polar surface area (TPSA) is 58.8 Å². The van der Waals surface area contributed by atoms with Crippen molar-refractivity contribution >= 4 is 5.91 Å². The number of rotatable bonds is 3. The van der Waals surface area contributed by atoms with Crippen LogP contribution in [0.15, 0.2) is 18.2 Å². The van der Waals surface area contributed by atoms with Crippen LogP contribution in [-0.2, 0) is 11.3 Å². The van der Waals surface area contributed by atoms with Gasteiger partial charge in [-0.1, -0.05) is 11.8 Å². The quantitative estimate of drug-likeness (QED) is 0.811. The maximum Gasteiger partial charge on any atom is 0.236 e. The van der Waals surface area contributed by atoms with E-state index in [-0.39, 0.29) is 5.91 Å². The van der Waals surface area contributed by atoms with Gasteiger partial charge in [0.15, 0.2) is 0 Å². The molecule has 1 saturated heterocycles. The van der Waals surface area contributed by atoms with Gasteiger partial charge in [-0.25, -0.2) is 0 Å². The Bertz CT molecular complexity index is 575. The van der Waals surface area contributed by atoms with Crippen LogP contribution in [0.3, 0.4) is 0 Å². The number of likely N-dealkylation sites (N-methyl/N-ethyl adjacent to an activating group) is 1. The Kier molecular flexibility index (Phi) is 5.20. The minimum Gasteiger partial charge on any atom is -0.496 e. The Morgan fingerprint density at radius 2 is 2.19 bits per heavy atom. The lowest BCUT2D eigenvalue weighted by Crippen LogP contribution is -2.48. The summed E-state index contributed by atoms with van der Waals surface area (Å²) in [5, 5.41) is 0. The normalized spacial score (nSPS) is 15.6. The van der Waals surface area contributed by atoms with Crippen molar-refractivity contribution in [2.24, 2.45) is 5.73 Å². The van der Waals surface area contributed by atoms with Crippen LogP contribution in [0.2, 0.25) is 0 Å². The number of nitrogens with zero attached hydrogens (tertiary/aromatic N) is 2. The highest BCUT2D eigenvalue weighted by Gasteiger charge is 2.21. The van der Waals surface area contributed by atoms with Crippen LogP contribution in [0, 0.1) is 11.8 Å². The predicted molar refractivity (Wildman–Crippen MR) is 81.8 cm³/mol. The average Bonchev–Trinajstić information content (AvgIpc) is 2.49. The minimum atomic E-state index is 0.152. The molecule has 0 aromatic heterocycles. The first-order chi connectivity index (χ1) is 10.1. The number of benzene rings is 1. The molecule has 112 valence electrons. The lowest BCUT2D eigenvalue weighted by atomic mass is 10.1. The highest BCUT2D eigenvalue weighted by Crippen LogP contribution is 2.22. The number of carbonyl (C=O) groups excluding carboxylic acids is 1. The molecule has 0 atom stereocenters. The fourth-order valence-corrected chi connectivity index (χ4v) is 2.32. The Balaban J connectivity index is 2.15. The monoisotopic (exact) mass is 287 g/mol. The second kappa shape index (κ2) is 7.11. The van der Waals surface area contributed by atoms with Crippen LogP contribution in [-0.4, -0.2) is 56.0 Å². The molecule has 1 aliphatic rings. The second-order valence-corrected chi connectivity index (χ2v) is 5.06. The Morgan fingerprint density at radius 3 is 2.86 bits per heavy atom. The van der Waals surface area contributed by atoms with E-state index in [1.807, 2.05) is 25.2 Å². The first-order valence-corrected chi connectivity index (χ1v) is 6.96. The maximum atomic E-state index is 11.8. The van der Waals surface area contributed by atoms with Crippen molar-refractivity contribution in [3.05, 3.63) is 29.3 Å². The molecular weight excluding hydrogens is 266 g/mol. The molecule has 0 bridgehead atoms. The third-order valence-electron chi connectivity index (χ3n) is 3.55. The van der Waals surface area contributed by atoms with Crippen molar-refractivity contribution < 1.29 is 9.53 Å². The van der Waals surface area contributed by atoms with Crippen molar-refractivity contribution in [3.8, 4) is 17.6 Å². The summed E-state index contributed by atoms with van der Waals surface area (Å²) in [4.78, 5) is 15.7. The summed E-state index contributed by atoms with van der Waals surface area (Å²) in [7, 11) is 3.49. The van der Waals surface area contributed by atoms with Crippen LogP contribution in [0.1, 0.15) is 11.1 Å². The van der Waals surface area contributed by atoms with E-state index in [4.69, 9.17) is 10.5 Å². The number of hydrogen-bond donors (Lipinski definition) is 1. The van der Waals surface area contributed by atoms with Crippen LogP contribution in [0.5, 0.6) is 5.75 Å². The number of carbonyl (C=O) groups is 1. The summed E-state index contributed by atoms with van der Waals surface area (Å²) in [6.07, 6.45) is 0. The smallest absolute Gasteiger partial charge is 0.236 e. The molecule has 1 heterocycles. The van der Waals surface area contributed by atoms with E-state index in [1.165, 1.54) is 0 Å². The number of amides is 1. The Hall–Kier alpha value is -2.03. The van der Waals surface area contributed by atoms with Gasteiger partial charge in [0.05, 0.1) is 20.2 Å². The van der Waals surface area contributed by atoms with Gasteiger partial charge in [-0.3, -0.25) is 9.69 Å². The highest BCUT2D eigenvalue weighted by atomic mass is 16.5. The first-order valence-electron chi connectivity index (χ1n) is 6.96. The van der Waals surface area contributed by atoms with Gasteiger partial charge in [-0.15, -0.1) is 0 Å². The van der Waals surface area contributed by atoms with Gasteiger partial charge in [0.2, 0.25) is 5.91 Å². The highest BCUT2D eigenvalue weighted by molar-refractivity contribution is 5.78. The third kappa shape index (κ3) is 3.97. The molecule has 2 N–H and O–H groups in total. The van der Waals surface area contributed by atoms with Crippen molar-refractivity contribution in [3.63, 3.8) is 0 Å². The fourth-order valence-electron chi connectivity index (χ4n) is 2.32. The summed E-state index contributed by atoms with van der Waals surface area (Å²) in [5.41, 5.74) is 7.35. The van der Waals surface area contributed by atoms with E-state index >= 15 is 0 Å². The number of hydrogen-bond acceptors (Lipinski definition) is 4. The lowest BCUT2D eigenvalue weighted by Gasteiger charge is -2.32. The van der Waals surface area contributed by atoms with Gasteiger partial charge in [-0.2, -0.15) is 0 Å². The molecule has 5 nitrogen and oxygen atoms in total. The number of nitrogens with two attached hydrogens (primary N) is 1. The molecule has 0 saturated carbocycles.